The van der Waals surface area contributed by atoms with Gasteiger partial charge in [0.1, 0.15) is 5.82 Å². The lowest BCUT2D eigenvalue weighted by Gasteiger charge is -2.32. The molecule has 2 aliphatic rings. The molecule has 16 heavy (non-hydrogen) atoms. The van der Waals surface area contributed by atoms with Gasteiger partial charge in [-0.3, -0.25) is 4.90 Å². The zero-order chi connectivity index (χ0) is 10.8. The first-order valence-corrected chi connectivity index (χ1v) is 7.11. The Bertz CT molecular complexity index is 346. The van der Waals surface area contributed by atoms with Crippen molar-refractivity contribution in [1.82, 2.24) is 19.8 Å². The molecule has 0 saturated carbocycles. The maximum atomic E-state index is 4.40. The van der Waals surface area contributed by atoms with E-state index >= 15 is 0 Å². The Labute approximate surface area is 100 Å². The SMILES string of the molecule is c1cn2c(n1)CN(CC1CSCCN1)CC2. The van der Waals surface area contributed by atoms with E-state index in [0.29, 0.717) is 6.04 Å². The highest BCUT2D eigenvalue weighted by atomic mass is 32.2. The standard InChI is InChI=1S/C11H18N4S/c1-3-15-5-4-14(8-11(15)13-1)7-10-9-16-6-2-12-10/h1,3,10,12H,2,4-9H2. The Kier molecular flexibility index (Phi) is 3.17. The minimum absolute atomic E-state index is 0.667. The van der Waals surface area contributed by atoms with Crippen molar-refractivity contribution < 1.29 is 0 Å². The molecule has 0 spiro atoms. The van der Waals surface area contributed by atoms with E-state index in [1.807, 2.05) is 6.20 Å². The van der Waals surface area contributed by atoms with Crippen LogP contribution in [-0.4, -0.2) is 51.6 Å². The number of hydrogen-bond acceptors (Lipinski definition) is 4. The molecule has 1 fully saturated rings. The minimum atomic E-state index is 0.667. The van der Waals surface area contributed by atoms with E-state index in [-0.39, 0.29) is 0 Å². The summed E-state index contributed by atoms with van der Waals surface area (Å²) in [6.45, 7) is 5.59. The Hall–Kier alpha value is -0.520. The summed E-state index contributed by atoms with van der Waals surface area (Å²) in [6.07, 6.45) is 3.99. The lowest BCUT2D eigenvalue weighted by atomic mass is 10.2. The molecular weight excluding hydrogens is 220 g/mol. The molecule has 4 nitrogen and oxygen atoms in total. The van der Waals surface area contributed by atoms with Gasteiger partial charge in [-0.05, 0) is 0 Å². The molecule has 5 heteroatoms. The number of rotatable bonds is 2. The molecule has 0 bridgehead atoms. The van der Waals surface area contributed by atoms with E-state index in [2.05, 4.69) is 37.7 Å². The molecule has 1 aromatic heterocycles. The lowest BCUT2D eigenvalue weighted by molar-refractivity contribution is 0.199. The normalized spacial score (nSPS) is 26.6. The number of nitrogens with one attached hydrogen (secondary N) is 1. The van der Waals surface area contributed by atoms with Gasteiger partial charge in [-0.15, -0.1) is 0 Å². The second kappa shape index (κ2) is 4.77. The van der Waals surface area contributed by atoms with Crippen molar-refractivity contribution in [1.29, 1.82) is 0 Å². The van der Waals surface area contributed by atoms with Gasteiger partial charge in [-0.2, -0.15) is 11.8 Å². The molecule has 0 radical (unpaired) electrons. The average molecular weight is 238 g/mol. The molecule has 1 aromatic rings. The minimum Gasteiger partial charge on any atom is -0.333 e. The van der Waals surface area contributed by atoms with Gasteiger partial charge in [-0.25, -0.2) is 4.98 Å². The van der Waals surface area contributed by atoms with Crippen LogP contribution in [0.5, 0.6) is 0 Å². The van der Waals surface area contributed by atoms with E-state index in [1.54, 1.807) is 0 Å². The summed E-state index contributed by atoms with van der Waals surface area (Å²) in [4.78, 5) is 6.92. The van der Waals surface area contributed by atoms with Gasteiger partial charge in [-0.1, -0.05) is 0 Å². The largest absolute Gasteiger partial charge is 0.333 e. The number of imidazole rings is 1. The van der Waals surface area contributed by atoms with Crippen LogP contribution in [0.15, 0.2) is 12.4 Å². The predicted octanol–water partition coefficient (Wildman–Crippen LogP) is 0.404. The van der Waals surface area contributed by atoms with Crippen molar-refractivity contribution in [2.45, 2.75) is 19.1 Å². The molecule has 1 N–H and O–H groups in total. The first-order valence-electron chi connectivity index (χ1n) is 5.95. The van der Waals surface area contributed by atoms with E-state index in [0.717, 1.165) is 26.2 Å². The van der Waals surface area contributed by atoms with E-state index in [4.69, 9.17) is 0 Å². The predicted molar refractivity (Wildman–Crippen MR) is 66.6 cm³/mol. The fourth-order valence-electron chi connectivity index (χ4n) is 2.43. The second-order valence-electron chi connectivity index (χ2n) is 4.50. The zero-order valence-corrected chi connectivity index (χ0v) is 10.2. The summed E-state index contributed by atoms with van der Waals surface area (Å²) >= 11 is 2.07. The van der Waals surface area contributed by atoms with Crippen LogP contribution in [0.2, 0.25) is 0 Å². The zero-order valence-electron chi connectivity index (χ0n) is 9.43. The summed E-state index contributed by atoms with van der Waals surface area (Å²) in [5.74, 6) is 3.74. The van der Waals surface area contributed by atoms with E-state index in [9.17, 15) is 0 Å². The molecular formula is C11H18N4S. The van der Waals surface area contributed by atoms with Crippen LogP contribution in [0, 0.1) is 0 Å². The third-order valence-corrected chi connectivity index (χ3v) is 4.43. The first-order chi connectivity index (χ1) is 7.92. The highest BCUT2D eigenvalue weighted by Crippen LogP contribution is 2.13. The van der Waals surface area contributed by atoms with Crippen molar-refractivity contribution in [2.24, 2.45) is 0 Å². The fourth-order valence-corrected chi connectivity index (χ4v) is 3.36. The van der Waals surface area contributed by atoms with Crippen LogP contribution in [0.3, 0.4) is 0 Å². The molecule has 2 aliphatic heterocycles. The molecule has 3 rings (SSSR count). The van der Waals surface area contributed by atoms with Crippen LogP contribution in [-0.2, 0) is 13.1 Å². The Morgan fingerprint density at radius 2 is 2.50 bits per heavy atom. The molecule has 1 atom stereocenters. The highest BCUT2D eigenvalue weighted by molar-refractivity contribution is 7.99. The van der Waals surface area contributed by atoms with Crippen LogP contribution < -0.4 is 5.32 Å². The third-order valence-electron chi connectivity index (χ3n) is 3.30. The van der Waals surface area contributed by atoms with Gasteiger partial charge in [0, 0.05) is 56.1 Å². The van der Waals surface area contributed by atoms with Gasteiger partial charge in [0.15, 0.2) is 0 Å². The smallest absolute Gasteiger partial charge is 0.122 e. The molecule has 0 amide bonds. The fraction of sp³-hybridized carbons (Fsp3) is 0.727. The van der Waals surface area contributed by atoms with E-state index in [1.165, 1.54) is 23.9 Å². The number of fused-ring (bicyclic) bond motifs is 1. The van der Waals surface area contributed by atoms with Gasteiger partial charge in [0.2, 0.25) is 0 Å². The molecule has 1 saturated heterocycles. The van der Waals surface area contributed by atoms with Gasteiger partial charge < -0.3 is 9.88 Å². The maximum absolute atomic E-state index is 4.40. The number of hydrogen-bond donors (Lipinski definition) is 1. The molecule has 0 aliphatic carbocycles. The van der Waals surface area contributed by atoms with Crippen molar-refractivity contribution in [3.05, 3.63) is 18.2 Å². The average Bonchev–Trinajstić information content (AvgIpc) is 2.77. The Morgan fingerprint density at radius 1 is 1.50 bits per heavy atom. The second-order valence-corrected chi connectivity index (χ2v) is 5.65. The van der Waals surface area contributed by atoms with Crippen molar-refractivity contribution in [3.8, 4) is 0 Å². The molecule has 88 valence electrons. The van der Waals surface area contributed by atoms with Crippen LogP contribution in [0.4, 0.5) is 0 Å². The van der Waals surface area contributed by atoms with Gasteiger partial charge in [0.25, 0.3) is 0 Å². The quantitative estimate of drug-likeness (QED) is 0.809. The summed E-state index contributed by atoms with van der Waals surface area (Å²) in [6, 6.07) is 0.667. The maximum Gasteiger partial charge on any atom is 0.122 e. The summed E-state index contributed by atoms with van der Waals surface area (Å²) in [5, 5.41) is 3.59. The van der Waals surface area contributed by atoms with Crippen LogP contribution >= 0.6 is 11.8 Å². The van der Waals surface area contributed by atoms with Crippen LogP contribution in [0.25, 0.3) is 0 Å². The molecule has 1 unspecified atom stereocenters. The summed E-state index contributed by atoms with van der Waals surface area (Å²) < 4.78 is 2.26. The monoisotopic (exact) mass is 238 g/mol. The topological polar surface area (TPSA) is 33.1 Å². The van der Waals surface area contributed by atoms with E-state index < -0.39 is 0 Å². The summed E-state index contributed by atoms with van der Waals surface area (Å²) in [7, 11) is 0. The first kappa shape index (κ1) is 10.6. The number of aromatic nitrogens is 2. The molecule has 3 heterocycles. The van der Waals surface area contributed by atoms with Crippen molar-refractivity contribution >= 4 is 11.8 Å². The Morgan fingerprint density at radius 3 is 3.38 bits per heavy atom. The van der Waals surface area contributed by atoms with Crippen molar-refractivity contribution in [2.75, 3.05) is 31.1 Å². The lowest BCUT2D eigenvalue weighted by Crippen LogP contribution is -2.47. The van der Waals surface area contributed by atoms with Crippen LogP contribution in [0.1, 0.15) is 5.82 Å². The van der Waals surface area contributed by atoms with Gasteiger partial charge >= 0.3 is 0 Å². The molecule has 0 aromatic carbocycles. The third kappa shape index (κ3) is 2.26. The van der Waals surface area contributed by atoms with Gasteiger partial charge in [0.05, 0.1) is 6.54 Å². The number of nitrogens with zero attached hydrogens (tertiary/aromatic N) is 3. The number of thioether (sulfide) groups is 1. The summed E-state index contributed by atoms with van der Waals surface area (Å²) in [5.41, 5.74) is 0. The highest BCUT2D eigenvalue weighted by Gasteiger charge is 2.21. The van der Waals surface area contributed by atoms with Crippen molar-refractivity contribution in [3.63, 3.8) is 0 Å². The Balaban J connectivity index is 1.57.